The molecule has 28 heavy (non-hydrogen) atoms. The number of anilines is 1. The molecule has 0 spiro atoms. The molecule has 0 aliphatic carbocycles. The lowest BCUT2D eigenvalue weighted by Crippen LogP contribution is -2.21. The number of hydrogen-bond donors (Lipinski definition) is 1. The summed E-state index contributed by atoms with van der Waals surface area (Å²) in [4.78, 5) is 45.8. The summed E-state index contributed by atoms with van der Waals surface area (Å²) in [6, 6.07) is 10.3. The second-order valence-corrected chi connectivity index (χ2v) is 6.33. The molecular formula is C19H17ClN2O6. The zero-order valence-electron chi connectivity index (χ0n) is 14.9. The Balaban J connectivity index is 1.77. The SMILES string of the molecule is Cc1cc([N+](=O)[O-])ccc1NC(=O)COC(=O)CCC(=O)c1ccc(Cl)cc1. The topological polar surface area (TPSA) is 116 Å². The van der Waals surface area contributed by atoms with Gasteiger partial charge >= 0.3 is 5.97 Å². The molecule has 2 aromatic rings. The number of nitro groups is 1. The second-order valence-electron chi connectivity index (χ2n) is 5.90. The molecule has 0 heterocycles. The van der Waals surface area contributed by atoms with Crippen LogP contribution in [-0.4, -0.2) is 29.2 Å². The number of esters is 1. The van der Waals surface area contributed by atoms with Crippen LogP contribution in [0.4, 0.5) is 11.4 Å². The van der Waals surface area contributed by atoms with Crippen LogP contribution >= 0.6 is 11.6 Å². The molecule has 2 aromatic carbocycles. The van der Waals surface area contributed by atoms with Gasteiger partial charge in [-0.05, 0) is 42.8 Å². The molecule has 0 aliphatic rings. The number of ketones is 1. The molecule has 9 heteroatoms. The molecule has 8 nitrogen and oxygen atoms in total. The summed E-state index contributed by atoms with van der Waals surface area (Å²) in [5.74, 6) is -1.51. The Labute approximate surface area is 165 Å². The maximum absolute atomic E-state index is 12.0. The number of aryl methyl sites for hydroxylation is 1. The first-order valence-electron chi connectivity index (χ1n) is 8.25. The third kappa shape index (κ3) is 6.17. The normalized spacial score (nSPS) is 10.2. The van der Waals surface area contributed by atoms with Crippen LogP contribution in [0.1, 0.15) is 28.8 Å². The highest BCUT2D eigenvalue weighted by Gasteiger charge is 2.14. The minimum Gasteiger partial charge on any atom is -0.456 e. The minimum atomic E-state index is -0.683. The van der Waals surface area contributed by atoms with Gasteiger partial charge in [-0.25, -0.2) is 0 Å². The minimum absolute atomic E-state index is 0.0520. The number of hydrogen-bond acceptors (Lipinski definition) is 6. The summed E-state index contributed by atoms with van der Waals surface area (Å²) >= 11 is 5.75. The fourth-order valence-corrected chi connectivity index (χ4v) is 2.43. The number of carbonyl (C=O) groups excluding carboxylic acids is 3. The van der Waals surface area contributed by atoms with Gasteiger partial charge in [0.15, 0.2) is 12.4 Å². The standard InChI is InChI=1S/C19H17ClN2O6/c1-12-10-15(22(26)27)6-7-16(12)21-18(24)11-28-19(25)9-8-17(23)13-2-4-14(20)5-3-13/h2-7,10H,8-9,11H2,1H3,(H,21,24). The van der Waals surface area contributed by atoms with Crippen molar-refractivity contribution in [2.45, 2.75) is 19.8 Å². The third-order valence-electron chi connectivity index (χ3n) is 3.78. The van der Waals surface area contributed by atoms with E-state index in [2.05, 4.69) is 5.32 Å². The first-order valence-corrected chi connectivity index (χ1v) is 8.63. The van der Waals surface area contributed by atoms with Gasteiger partial charge in [0, 0.05) is 34.8 Å². The number of carbonyl (C=O) groups is 3. The fraction of sp³-hybridized carbons (Fsp3) is 0.211. The van der Waals surface area contributed by atoms with Crippen molar-refractivity contribution in [1.29, 1.82) is 0 Å². The van der Waals surface area contributed by atoms with Gasteiger partial charge in [0.25, 0.3) is 11.6 Å². The van der Waals surface area contributed by atoms with Crippen LogP contribution in [0.25, 0.3) is 0 Å². The summed E-state index contributed by atoms with van der Waals surface area (Å²) in [6.45, 7) is 1.08. The smallest absolute Gasteiger partial charge is 0.306 e. The molecule has 0 bridgehead atoms. The molecule has 0 saturated carbocycles. The maximum Gasteiger partial charge on any atom is 0.306 e. The average molecular weight is 405 g/mol. The Morgan fingerprint density at radius 3 is 2.39 bits per heavy atom. The van der Waals surface area contributed by atoms with Gasteiger partial charge in [-0.15, -0.1) is 0 Å². The van der Waals surface area contributed by atoms with E-state index in [0.29, 0.717) is 21.8 Å². The first-order chi connectivity index (χ1) is 13.3. The van der Waals surface area contributed by atoms with Crippen molar-refractivity contribution in [3.05, 3.63) is 68.7 Å². The number of rotatable bonds is 8. The van der Waals surface area contributed by atoms with Crippen LogP contribution < -0.4 is 5.32 Å². The molecule has 0 saturated heterocycles. The van der Waals surface area contributed by atoms with E-state index in [1.165, 1.54) is 18.2 Å². The van der Waals surface area contributed by atoms with E-state index in [1.807, 2.05) is 0 Å². The van der Waals surface area contributed by atoms with Crippen LogP contribution in [-0.2, 0) is 14.3 Å². The molecule has 0 aliphatic heterocycles. The van der Waals surface area contributed by atoms with Crippen molar-refractivity contribution in [1.82, 2.24) is 0 Å². The number of nitro benzene ring substituents is 1. The Kier molecular flexibility index (Phi) is 7.22. The highest BCUT2D eigenvalue weighted by atomic mass is 35.5. The zero-order valence-corrected chi connectivity index (χ0v) is 15.7. The first kappa shape index (κ1) is 21.0. The molecule has 0 fully saturated rings. The second kappa shape index (κ2) is 9.61. The molecule has 1 amide bonds. The average Bonchev–Trinajstić information content (AvgIpc) is 2.66. The van der Waals surface area contributed by atoms with Crippen LogP contribution in [0.3, 0.4) is 0 Å². The monoisotopic (exact) mass is 404 g/mol. The number of Topliss-reactive ketones (excluding diaryl/α,β-unsaturated/α-hetero) is 1. The maximum atomic E-state index is 12.0. The van der Waals surface area contributed by atoms with E-state index < -0.39 is 23.4 Å². The molecule has 0 atom stereocenters. The van der Waals surface area contributed by atoms with E-state index >= 15 is 0 Å². The van der Waals surface area contributed by atoms with Crippen molar-refractivity contribution in [2.75, 3.05) is 11.9 Å². The van der Waals surface area contributed by atoms with E-state index in [0.717, 1.165) is 0 Å². The lowest BCUT2D eigenvalue weighted by Gasteiger charge is -2.09. The highest BCUT2D eigenvalue weighted by molar-refractivity contribution is 6.30. The van der Waals surface area contributed by atoms with Gasteiger partial charge in [-0.2, -0.15) is 0 Å². The molecule has 2 rings (SSSR count). The van der Waals surface area contributed by atoms with E-state index in [9.17, 15) is 24.5 Å². The summed E-state index contributed by atoms with van der Waals surface area (Å²) in [7, 11) is 0. The lowest BCUT2D eigenvalue weighted by atomic mass is 10.1. The van der Waals surface area contributed by atoms with Crippen molar-refractivity contribution >= 4 is 40.6 Å². The van der Waals surface area contributed by atoms with Gasteiger partial charge in [-0.3, -0.25) is 24.5 Å². The van der Waals surface area contributed by atoms with Crippen molar-refractivity contribution < 1.29 is 24.0 Å². The van der Waals surface area contributed by atoms with Crippen molar-refractivity contribution in [3.63, 3.8) is 0 Å². The molecule has 146 valence electrons. The number of nitrogens with zero attached hydrogens (tertiary/aromatic N) is 1. The molecule has 0 aromatic heterocycles. The van der Waals surface area contributed by atoms with Crippen LogP contribution in [0, 0.1) is 17.0 Å². The molecule has 1 N–H and O–H groups in total. The Morgan fingerprint density at radius 1 is 1.11 bits per heavy atom. The predicted molar refractivity (Wildman–Crippen MR) is 102 cm³/mol. The lowest BCUT2D eigenvalue weighted by molar-refractivity contribution is -0.384. The Morgan fingerprint density at radius 2 is 1.79 bits per heavy atom. The molecular weight excluding hydrogens is 388 g/mol. The van der Waals surface area contributed by atoms with E-state index in [1.54, 1.807) is 31.2 Å². The number of amides is 1. The number of halogens is 1. The number of ether oxygens (including phenoxy) is 1. The van der Waals surface area contributed by atoms with Gasteiger partial charge in [0.05, 0.1) is 11.3 Å². The highest BCUT2D eigenvalue weighted by Crippen LogP contribution is 2.21. The van der Waals surface area contributed by atoms with E-state index in [-0.39, 0.29) is 24.3 Å². The number of benzene rings is 2. The van der Waals surface area contributed by atoms with Gasteiger partial charge < -0.3 is 10.1 Å². The van der Waals surface area contributed by atoms with E-state index in [4.69, 9.17) is 16.3 Å². The van der Waals surface area contributed by atoms with Gasteiger partial charge in [0.2, 0.25) is 0 Å². The van der Waals surface area contributed by atoms with Crippen molar-refractivity contribution in [3.8, 4) is 0 Å². The summed E-state index contributed by atoms with van der Waals surface area (Å²) < 4.78 is 4.85. The number of nitrogens with one attached hydrogen (secondary N) is 1. The van der Waals surface area contributed by atoms with Crippen LogP contribution in [0.5, 0.6) is 0 Å². The third-order valence-corrected chi connectivity index (χ3v) is 4.03. The summed E-state index contributed by atoms with van der Waals surface area (Å²) in [5.41, 5.74) is 1.22. The van der Waals surface area contributed by atoms with Crippen molar-refractivity contribution in [2.24, 2.45) is 0 Å². The van der Waals surface area contributed by atoms with Gasteiger partial charge in [0.1, 0.15) is 0 Å². The van der Waals surface area contributed by atoms with Gasteiger partial charge in [-0.1, -0.05) is 11.6 Å². The largest absolute Gasteiger partial charge is 0.456 e. The predicted octanol–water partition coefficient (Wildman–Crippen LogP) is 3.70. The van der Waals surface area contributed by atoms with Crippen LogP contribution in [0.15, 0.2) is 42.5 Å². The quantitative estimate of drug-likeness (QED) is 0.310. The summed E-state index contributed by atoms with van der Waals surface area (Å²) in [5, 5.41) is 13.7. The molecule has 0 radical (unpaired) electrons. The Bertz CT molecular complexity index is 911. The molecule has 0 unspecified atom stereocenters. The Hall–Kier alpha value is -3.26. The zero-order chi connectivity index (χ0) is 20.7. The fourth-order valence-electron chi connectivity index (χ4n) is 2.30. The summed E-state index contributed by atoms with van der Waals surface area (Å²) in [6.07, 6.45) is -0.213. The number of non-ortho nitro benzene ring substituents is 1. The van der Waals surface area contributed by atoms with Crippen LogP contribution in [0.2, 0.25) is 5.02 Å².